The van der Waals surface area contributed by atoms with E-state index in [-0.39, 0.29) is 17.5 Å². The second-order valence-electron chi connectivity index (χ2n) is 5.20. The largest absolute Gasteiger partial charge is 0.338 e. The van der Waals surface area contributed by atoms with Gasteiger partial charge in [-0.15, -0.1) is 0 Å². The lowest BCUT2D eigenvalue weighted by Gasteiger charge is -2.11. The molecular formula is C17H12ClF3N4. The molecule has 0 aliphatic heterocycles. The molecular weight excluding hydrogens is 353 g/mol. The monoisotopic (exact) mass is 364 g/mol. The van der Waals surface area contributed by atoms with Gasteiger partial charge in [0.15, 0.2) is 17.5 Å². The lowest BCUT2D eigenvalue weighted by atomic mass is 10.2. The van der Waals surface area contributed by atoms with Crippen LogP contribution in [0.4, 0.5) is 36.3 Å². The summed E-state index contributed by atoms with van der Waals surface area (Å²) in [6, 6.07) is 10.4. The van der Waals surface area contributed by atoms with Gasteiger partial charge in [0.1, 0.15) is 5.82 Å². The van der Waals surface area contributed by atoms with Crippen molar-refractivity contribution < 1.29 is 13.2 Å². The molecule has 1 aromatic heterocycles. The van der Waals surface area contributed by atoms with E-state index in [2.05, 4.69) is 20.6 Å². The van der Waals surface area contributed by atoms with E-state index in [0.29, 0.717) is 16.4 Å². The molecule has 0 saturated heterocycles. The Hall–Kier alpha value is -2.80. The number of nitrogens with one attached hydrogen (secondary N) is 2. The minimum atomic E-state index is -1.55. The first-order chi connectivity index (χ1) is 11.9. The van der Waals surface area contributed by atoms with Crippen LogP contribution in [0, 0.1) is 24.4 Å². The number of halogens is 4. The zero-order valence-electron chi connectivity index (χ0n) is 12.9. The fourth-order valence-corrected chi connectivity index (χ4v) is 2.24. The maximum absolute atomic E-state index is 13.8. The molecule has 0 aliphatic carbocycles. The molecule has 0 spiro atoms. The lowest BCUT2D eigenvalue weighted by Crippen LogP contribution is -2.04. The second-order valence-corrected chi connectivity index (χ2v) is 5.63. The molecule has 0 amide bonds. The number of aryl methyl sites for hydroxylation is 1. The van der Waals surface area contributed by atoms with E-state index in [1.807, 2.05) is 0 Å². The van der Waals surface area contributed by atoms with Crippen molar-refractivity contribution in [2.24, 2.45) is 0 Å². The first-order valence-corrected chi connectivity index (χ1v) is 7.59. The average Bonchev–Trinajstić information content (AvgIpc) is 2.57. The van der Waals surface area contributed by atoms with Crippen LogP contribution in [0.5, 0.6) is 0 Å². The molecule has 128 valence electrons. The molecule has 8 heteroatoms. The van der Waals surface area contributed by atoms with Crippen LogP contribution < -0.4 is 10.6 Å². The van der Waals surface area contributed by atoms with Crippen LogP contribution in [0.25, 0.3) is 0 Å². The van der Waals surface area contributed by atoms with Crippen LogP contribution in [-0.2, 0) is 0 Å². The summed E-state index contributed by atoms with van der Waals surface area (Å²) in [6.07, 6.45) is 0. The molecule has 4 nitrogen and oxygen atoms in total. The summed E-state index contributed by atoms with van der Waals surface area (Å²) in [5, 5.41) is 6.20. The highest BCUT2D eigenvalue weighted by molar-refractivity contribution is 6.30. The summed E-state index contributed by atoms with van der Waals surface area (Å²) in [5.74, 6) is -3.63. The summed E-state index contributed by atoms with van der Waals surface area (Å²) < 4.78 is 40.1. The van der Waals surface area contributed by atoms with Crippen molar-refractivity contribution in [2.45, 2.75) is 6.92 Å². The van der Waals surface area contributed by atoms with Crippen LogP contribution in [0.15, 0.2) is 42.5 Å². The van der Waals surface area contributed by atoms with E-state index in [0.717, 1.165) is 12.1 Å². The van der Waals surface area contributed by atoms with E-state index in [1.54, 1.807) is 37.3 Å². The minimum absolute atomic E-state index is 0.227. The Morgan fingerprint density at radius 3 is 2.32 bits per heavy atom. The standard InChI is InChI=1S/C17H12ClF3N4/c1-9-8-14(24-13-7-6-12(19)15(20)16(13)21)25-17(22-9)23-11-4-2-10(18)3-5-11/h2-8H,1H3,(H2,22,23,24,25). The molecule has 0 fully saturated rings. The lowest BCUT2D eigenvalue weighted by molar-refractivity contribution is 0.449. The molecule has 25 heavy (non-hydrogen) atoms. The van der Waals surface area contributed by atoms with Crippen molar-refractivity contribution in [3.8, 4) is 0 Å². The summed E-state index contributed by atoms with van der Waals surface area (Å²) in [7, 11) is 0. The Balaban J connectivity index is 1.87. The number of nitrogens with zero attached hydrogens (tertiary/aromatic N) is 2. The Labute approximate surface area is 146 Å². The van der Waals surface area contributed by atoms with Crippen LogP contribution in [0.1, 0.15) is 5.69 Å². The topological polar surface area (TPSA) is 49.8 Å². The molecule has 0 atom stereocenters. The number of benzene rings is 2. The quantitative estimate of drug-likeness (QED) is 0.613. The molecule has 2 N–H and O–H groups in total. The Bertz CT molecular complexity index is 917. The number of anilines is 4. The zero-order valence-corrected chi connectivity index (χ0v) is 13.7. The van der Waals surface area contributed by atoms with Crippen molar-refractivity contribution in [1.29, 1.82) is 0 Å². The highest BCUT2D eigenvalue weighted by atomic mass is 35.5. The second kappa shape index (κ2) is 6.98. The predicted octanol–water partition coefficient (Wildman–Crippen LogP) is 5.34. The zero-order chi connectivity index (χ0) is 18.0. The van der Waals surface area contributed by atoms with Crippen molar-refractivity contribution in [3.05, 3.63) is 70.6 Å². The van der Waals surface area contributed by atoms with Gasteiger partial charge in [-0.3, -0.25) is 0 Å². The smallest absolute Gasteiger partial charge is 0.229 e. The molecule has 0 bridgehead atoms. The van der Waals surface area contributed by atoms with E-state index in [1.165, 1.54) is 0 Å². The third-order valence-corrected chi connectivity index (χ3v) is 3.50. The van der Waals surface area contributed by atoms with Crippen molar-refractivity contribution in [3.63, 3.8) is 0 Å². The summed E-state index contributed by atoms with van der Waals surface area (Å²) in [5.41, 5.74) is 1.08. The average molecular weight is 365 g/mol. The number of hydrogen-bond donors (Lipinski definition) is 2. The third-order valence-electron chi connectivity index (χ3n) is 3.25. The van der Waals surface area contributed by atoms with Crippen LogP contribution >= 0.6 is 11.6 Å². The van der Waals surface area contributed by atoms with Crippen LogP contribution in [-0.4, -0.2) is 9.97 Å². The maximum atomic E-state index is 13.8. The predicted molar refractivity (Wildman–Crippen MR) is 91.1 cm³/mol. The van der Waals surface area contributed by atoms with Gasteiger partial charge < -0.3 is 10.6 Å². The number of rotatable bonds is 4. The maximum Gasteiger partial charge on any atom is 0.229 e. The molecule has 0 saturated carbocycles. The SMILES string of the molecule is Cc1cc(Nc2ccc(F)c(F)c2F)nc(Nc2ccc(Cl)cc2)n1. The van der Waals surface area contributed by atoms with Gasteiger partial charge in [0.05, 0.1) is 5.69 Å². The van der Waals surface area contributed by atoms with Gasteiger partial charge in [-0.2, -0.15) is 4.98 Å². The minimum Gasteiger partial charge on any atom is -0.338 e. The van der Waals surface area contributed by atoms with Crippen LogP contribution in [0.3, 0.4) is 0 Å². The van der Waals surface area contributed by atoms with Gasteiger partial charge >= 0.3 is 0 Å². The van der Waals surface area contributed by atoms with Gasteiger partial charge in [-0.05, 0) is 43.3 Å². The van der Waals surface area contributed by atoms with E-state index >= 15 is 0 Å². The molecule has 1 heterocycles. The molecule has 0 unspecified atom stereocenters. The molecule has 2 aromatic carbocycles. The normalized spacial score (nSPS) is 10.6. The van der Waals surface area contributed by atoms with Crippen molar-refractivity contribution in [1.82, 2.24) is 9.97 Å². The van der Waals surface area contributed by atoms with Crippen LogP contribution in [0.2, 0.25) is 5.02 Å². The fourth-order valence-electron chi connectivity index (χ4n) is 2.11. The third kappa shape index (κ3) is 4.00. The van der Waals surface area contributed by atoms with Gasteiger partial charge in [0, 0.05) is 22.5 Å². The summed E-state index contributed by atoms with van der Waals surface area (Å²) in [6.45, 7) is 1.72. The van der Waals surface area contributed by atoms with E-state index in [9.17, 15) is 13.2 Å². The Morgan fingerprint density at radius 1 is 0.880 bits per heavy atom. The highest BCUT2D eigenvalue weighted by Crippen LogP contribution is 2.24. The van der Waals surface area contributed by atoms with Gasteiger partial charge in [-0.1, -0.05) is 11.6 Å². The fraction of sp³-hybridized carbons (Fsp3) is 0.0588. The van der Waals surface area contributed by atoms with Gasteiger partial charge in [0.2, 0.25) is 5.95 Å². The Morgan fingerprint density at radius 2 is 1.60 bits per heavy atom. The van der Waals surface area contributed by atoms with E-state index in [4.69, 9.17) is 11.6 Å². The molecule has 3 aromatic rings. The first kappa shape index (κ1) is 17.0. The summed E-state index contributed by atoms with van der Waals surface area (Å²) in [4.78, 5) is 8.41. The first-order valence-electron chi connectivity index (χ1n) is 7.21. The van der Waals surface area contributed by atoms with Gasteiger partial charge in [0.25, 0.3) is 0 Å². The summed E-state index contributed by atoms with van der Waals surface area (Å²) >= 11 is 5.83. The molecule has 0 aliphatic rings. The van der Waals surface area contributed by atoms with Crippen molar-refractivity contribution >= 4 is 34.7 Å². The van der Waals surface area contributed by atoms with Crippen molar-refractivity contribution in [2.75, 3.05) is 10.6 Å². The van der Waals surface area contributed by atoms with Gasteiger partial charge in [-0.25, -0.2) is 18.2 Å². The van der Waals surface area contributed by atoms with E-state index < -0.39 is 17.5 Å². The highest BCUT2D eigenvalue weighted by Gasteiger charge is 2.14. The molecule has 3 rings (SSSR count). The Kier molecular flexibility index (Phi) is 4.76. The number of aromatic nitrogens is 2. The number of hydrogen-bond acceptors (Lipinski definition) is 4. The molecule has 0 radical (unpaired) electrons.